The van der Waals surface area contributed by atoms with Gasteiger partial charge >= 0.3 is 0 Å². The van der Waals surface area contributed by atoms with Crippen molar-refractivity contribution < 1.29 is 9.59 Å². The Bertz CT molecular complexity index is 473. The van der Waals surface area contributed by atoms with Gasteiger partial charge in [-0.15, -0.1) is 0 Å². The van der Waals surface area contributed by atoms with Gasteiger partial charge in [0.1, 0.15) is 6.04 Å². The molecule has 1 aliphatic heterocycles. The summed E-state index contributed by atoms with van der Waals surface area (Å²) in [5.74, 6) is 0.380. The summed E-state index contributed by atoms with van der Waals surface area (Å²) >= 11 is 0. The second-order valence-corrected chi connectivity index (χ2v) is 5.48. The maximum atomic E-state index is 12.1. The van der Waals surface area contributed by atoms with E-state index in [1.165, 1.54) is 0 Å². The Morgan fingerprint density at radius 2 is 2.00 bits per heavy atom. The largest absolute Gasteiger partial charge is 0.345 e. The molecule has 0 bridgehead atoms. The van der Waals surface area contributed by atoms with Gasteiger partial charge in [-0.25, -0.2) is 0 Å². The lowest BCUT2D eigenvalue weighted by atomic mass is 9.99. The van der Waals surface area contributed by atoms with Crippen LogP contribution < -0.4 is 5.32 Å². The molecule has 0 aromatic heterocycles. The predicted octanol–water partition coefficient (Wildman–Crippen LogP) is 1.60. The number of piperazine rings is 1. The zero-order valence-electron chi connectivity index (χ0n) is 12.1. The van der Waals surface area contributed by atoms with Gasteiger partial charge in [0.2, 0.25) is 11.8 Å². The van der Waals surface area contributed by atoms with Crippen LogP contribution in [0.5, 0.6) is 0 Å². The van der Waals surface area contributed by atoms with Crippen LogP contribution in [0.2, 0.25) is 0 Å². The first-order valence-corrected chi connectivity index (χ1v) is 7.23. The Hall–Kier alpha value is -1.84. The van der Waals surface area contributed by atoms with Gasteiger partial charge in [-0.05, 0) is 11.5 Å². The van der Waals surface area contributed by atoms with Crippen LogP contribution in [0.3, 0.4) is 0 Å². The van der Waals surface area contributed by atoms with E-state index in [1.54, 1.807) is 4.90 Å². The lowest BCUT2D eigenvalue weighted by Gasteiger charge is -2.36. The number of carbonyl (C=O) groups is 2. The molecule has 0 saturated carbocycles. The molecule has 2 atom stereocenters. The van der Waals surface area contributed by atoms with E-state index < -0.39 is 0 Å². The van der Waals surface area contributed by atoms with Crippen LogP contribution in [-0.4, -0.2) is 35.8 Å². The van der Waals surface area contributed by atoms with Crippen molar-refractivity contribution in [3.63, 3.8) is 0 Å². The zero-order valence-corrected chi connectivity index (χ0v) is 12.1. The fourth-order valence-electron chi connectivity index (χ4n) is 2.43. The standard InChI is InChI=1S/C16H22N2O2/c1-3-12(2)11-18-14(16(20)17-10-15(18)19)9-13-7-5-4-6-8-13/h4-8,12,14H,3,9-11H2,1-2H3,(H,17,20). The smallest absolute Gasteiger partial charge is 0.243 e. The van der Waals surface area contributed by atoms with E-state index >= 15 is 0 Å². The number of hydrogen-bond acceptors (Lipinski definition) is 2. The Morgan fingerprint density at radius 3 is 2.65 bits per heavy atom. The number of rotatable bonds is 5. The summed E-state index contributed by atoms with van der Waals surface area (Å²) in [7, 11) is 0. The Kier molecular flexibility index (Phi) is 4.77. The van der Waals surface area contributed by atoms with Crippen molar-refractivity contribution in [2.75, 3.05) is 13.1 Å². The molecule has 0 aliphatic carbocycles. The van der Waals surface area contributed by atoms with Crippen molar-refractivity contribution >= 4 is 11.8 Å². The first kappa shape index (κ1) is 14.6. The molecule has 2 unspecified atom stereocenters. The lowest BCUT2D eigenvalue weighted by molar-refractivity contribution is -0.146. The second-order valence-electron chi connectivity index (χ2n) is 5.48. The van der Waals surface area contributed by atoms with Gasteiger partial charge in [0.15, 0.2) is 0 Å². The van der Waals surface area contributed by atoms with E-state index in [9.17, 15) is 9.59 Å². The molecule has 1 N–H and O–H groups in total. The van der Waals surface area contributed by atoms with E-state index in [-0.39, 0.29) is 24.4 Å². The van der Waals surface area contributed by atoms with Crippen LogP contribution in [0.25, 0.3) is 0 Å². The van der Waals surface area contributed by atoms with Gasteiger partial charge in [-0.2, -0.15) is 0 Å². The van der Waals surface area contributed by atoms with Gasteiger partial charge in [-0.1, -0.05) is 50.6 Å². The van der Waals surface area contributed by atoms with Gasteiger partial charge < -0.3 is 10.2 Å². The Labute approximate surface area is 120 Å². The normalized spacial score (nSPS) is 20.7. The number of amides is 2. The van der Waals surface area contributed by atoms with Crippen molar-refractivity contribution in [3.8, 4) is 0 Å². The quantitative estimate of drug-likeness (QED) is 0.886. The molecule has 1 saturated heterocycles. The number of carbonyl (C=O) groups excluding carboxylic acids is 2. The highest BCUT2D eigenvalue weighted by Crippen LogP contribution is 2.16. The molecule has 1 aliphatic rings. The maximum Gasteiger partial charge on any atom is 0.243 e. The van der Waals surface area contributed by atoms with Crippen molar-refractivity contribution in [1.82, 2.24) is 10.2 Å². The van der Waals surface area contributed by atoms with Crippen molar-refractivity contribution in [2.24, 2.45) is 5.92 Å². The number of nitrogens with zero attached hydrogens (tertiary/aromatic N) is 1. The van der Waals surface area contributed by atoms with Crippen LogP contribution in [0.1, 0.15) is 25.8 Å². The van der Waals surface area contributed by atoms with Crippen LogP contribution in [0.15, 0.2) is 30.3 Å². The summed E-state index contributed by atoms with van der Waals surface area (Å²) in [5, 5.41) is 2.69. The van der Waals surface area contributed by atoms with E-state index in [1.807, 2.05) is 30.3 Å². The monoisotopic (exact) mass is 274 g/mol. The molecular formula is C16H22N2O2. The first-order valence-electron chi connectivity index (χ1n) is 7.23. The third-order valence-corrected chi connectivity index (χ3v) is 3.89. The average Bonchev–Trinajstić information content (AvgIpc) is 2.47. The highest BCUT2D eigenvalue weighted by atomic mass is 16.2. The topological polar surface area (TPSA) is 49.4 Å². The summed E-state index contributed by atoms with van der Waals surface area (Å²) in [6.07, 6.45) is 1.58. The molecular weight excluding hydrogens is 252 g/mol. The molecule has 1 aromatic carbocycles. The van der Waals surface area contributed by atoms with Crippen molar-refractivity contribution in [1.29, 1.82) is 0 Å². The first-order chi connectivity index (χ1) is 9.61. The summed E-state index contributed by atoms with van der Waals surface area (Å²) in [6.45, 7) is 4.99. The Balaban J connectivity index is 2.15. The lowest BCUT2D eigenvalue weighted by Crippen LogP contribution is -2.59. The summed E-state index contributed by atoms with van der Waals surface area (Å²) < 4.78 is 0. The second kappa shape index (κ2) is 6.55. The number of benzene rings is 1. The molecule has 4 heteroatoms. The number of hydrogen-bond donors (Lipinski definition) is 1. The third-order valence-electron chi connectivity index (χ3n) is 3.89. The molecule has 20 heavy (non-hydrogen) atoms. The minimum absolute atomic E-state index is 0.0193. The molecule has 1 fully saturated rings. The molecule has 1 heterocycles. The van der Waals surface area contributed by atoms with Crippen LogP contribution in [0.4, 0.5) is 0 Å². The molecule has 1 aromatic rings. The molecule has 0 radical (unpaired) electrons. The SMILES string of the molecule is CCC(C)CN1C(=O)CNC(=O)C1Cc1ccccc1. The predicted molar refractivity (Wildman–Crippen MR) is 78.1 cm³/mol. The van der Waals surface area contributed by atoms with Crippen molar-refractivity contribution in [3.05, 3.63) is 35.9 Å². The molecule has 0 spiro atoms. The fraction of sp³-hybridized carbons (Fsp3) is 0.500. The minimum Gasteiger partial charge on any atom is -0.345 e. The summed E-state index contributed by atoms with van der Waals surface area (Å²) in [5.41, 5.74) is 1.08. The van der Waals surface area contributed by atoms with Gasteiger partial charge in [0.05, 0.1) is 6.54 Å². The molecule has 2 rings (SSSR count). The Morgan fingerprint density at radius 1 is 1.30 bits per heavy atom. The van der Waals surface area contributed by atoms with E-state index in [4.69, 9.17) is 0 Å². The molecule has 2 amide bonds. The highest BCUT2D eigenvalue weighted by Gasteiger charge is 2.34. The zero-order chi connectivity index (χ0) is 14.5. The van der Waals surface area contributed by atoms with Crippen LogP contribution in [-0.2, 0) is 16.0 Å². The number of nitrogens with one attached hydrogen (secondary N) is 1. The van der Waals surface area contributed by atoms with E-state index in [0.717, 1.165) is 12.0 Å². The van der Waals surface area contributed by atoms with E-state index in [0.29, 0.717) is 18.9 Å². The summed E-state index contributed by atoms with van der Waals surface area (Å²) in [6, 6.07) is 9.47. The van der Waals surface area contributed by atoms with Gasteiger partial charge in [0, 0.05) is 13.0 Å². The van der Waals surface area contributed by atoms with Crippen molar-refractivity contribution in [2.45, 2.75) is 32.7 Å². The third kappa shape index (κ3) is 3.38. The van der Waals surface area contributed by atoms with Gasteiger partial charge in [-0.3, -0.25) is 9.59 Å². The fourth-order valence-corrected chi connectivity index (χ4v) is 2.43. The van der Waals surface area contributed by atoms with Crippen LogP contribution in [0, 0.1) is 5.92 Å². The maximum absolute atomic E-state index is 12.1. The van der Waals surface area contributed by atoms with Gasteiger partial charge in [0.25, 0.3) is 0 Å². The minimum atomic E-state index is -0.382. The average molecular weight is 274 g/mol. The molecule has 108 valence electrons. The summed E-state index contributed by atoms with van der Waals surface area (Å²) in [4.78, 5) is 26.0. The molecule has 4 nitrogen and oxygen atoms in total. The van der Waals surface area contributed by atoms with E-state index in [2.05, 4.69) is 19.2 Å². The highest BCUT2D eigenvalue weighted by molar-refractivity contribution is 5.95. The van der Waals surface area contributed by atoms with Crippen LogP contribution >= 0.6 is 0 Å².